The van der Waals surface area contributed by atoms with Crippen LogP contribution in [0.1, 0.15) is 15.9 Å². The zero-order valence-electron chi connectivity index (χ0n) is 18.7. The van der Waals surface area contributed by atoms with Gasteiger partial charge in [-0.05, 0) is 47.2 Å². The van der Waals surface area contributed by atoms with Gasteiger partial charge in [0.1, 0.15) is 12.4 Å². The number of fused-ring (bicyclic) bond motifs is 1. The van der Waals surface area contributed by atoms with Gasteiger partial charge in [0, 0.05) is 10.3 Å². The predicted molar refractivity (Wildman–Crippen MR) is 131 cm³/mol. The number of benzene rings is 3. The van der Waals surface area contributed by atoms with Crippen molar-refractivity contribution in [1.29, 1.82) is 0 Å². The maximum absolute atomic E-state index is 12.6. The molecule has 7 nitrogen and oxygen atoms in total. The molecule has 0 radical (unpaired) electrons. The van der Waals surface area contributed by atoms with Crippen LogP contribution in [0.25, 0.3) is 10.1 Å². The molecule has 3 aromatic carbocycles. The van der Waals surface area contributed by atoms with Crippen LogP contribution in [0.5, 0.6) is 17.2 Å². The van der Waals surface area contributed by atoms with Crippen molar-refractivity contribution in [2.45, 2.75) is 6.61 Å². The minimum Gasteiger partial charge on any atom is -0.495 e. The fourth-order valence-electron chi connectivity index (χ4n) is 3.36. The Morgan fingerprint density at radius 1 is 0.882 bits per heavy atom. The summed E-state index contributed by atoms with van der Waals surface area (Å²) in [6.07, 6.45) is 0. The normalized spacial score (nSPS) is 10.5. The topological polar surface area (TPSA) is 83.1 Å². The van der Waals surface area contributed by atoms with Gasteiger partial charge in [-0.15, -0.1) is 11.3 Å². The van der Waals surface area contributed by atoms with Crippen molar-refractivity contribution in [3.05, 3.63) is 83.2 Å². The van der Waals surface area contributed by atoms with Crippen molar-refractivity contribution in [3.8, 4) is 17.2 Å². The van der Waals surface area contributed by atoms with Gasteiger partial charge in [-0.1, -0.05) is 30.3 Å². The van der Waals surface area contributed by atoms with Crippen LogP contribution in [0.3, 0.4) is 0 Å². The highest BCUT2D eigenvalue weighted by Gasteiger charge is 2.15. The molecule has 0 saturated heterocycles. The molecule has 1 aromatic heterocycles. The van der Waals surface area contributed by atoms with Crippen LogP contribution in [0.2, 0.25) is 0 Å². The highest BCUT2D eigenvalue weighted by atomic mass is 32.1. The van der Waals surface area contributed by atoms with Gasteiger partial charge in [0.2, 0.25) is 0 Å². The highest BCUT2D eigenvalue weighted by Crippen LogP contribution is 2.30. The zero-order valence-corrected chi connectivity index (χ0v) is 19.5. The molecule has 34 heavy (non-hydrogen) atoms. The summed E-state index contributed by atoms with van der Waals surface area (Å²) in [7, 11) is 2.99. The summed E-state index contributed by atoms with van der Waals surface area (Å²) in [5.41, 5.74) is 1.83. The standard InChI is InChI=1S/C26H23NO6S/c1-30-21-9-5-4-8-20(21)27-25(28)15-32-22-12-11-17(13-23(22)31-2)26(29)33-14-18-16-34-24-10-6-3-7-19(18)24/h3-13,16H,14-15H2,1-2H3,(H,27,28). The maximum atomic E-state index is 12.6. The molecule has 0 fully saturated rings. The first kappa shape index (κ1) is 23.1. The van der Waals surface area contributed by atoms with Gasteiger partial charge in [0.15, 0.2) is 18.1 Å². The Kier molecular flexibility index (Phi) is 7.29. The third kappa shape index (κ3) is 5.29. The zero-order chi connectivity index (χ0) is 23.9. The van der Waals surface area contributed by atoms with Gasteiger partial charge in [-0.2, -0.15) is 0 Å². The Morgan fingerprint density at radius 3 is 2.47 bits per heavy atom. The number of rotatable bonds is 9. The smallest absolute Gasteiger partial charge is 0.338 e. The molecule has 4 rings (SSSR count). The highest BCUT2D eigenvalue weighted by molar-refractivity contribution is 7.17. The summed E-state index contributed by atoms with van der Waals surface area (Å²) in [4.78, 5) is 24.9. The second-order valence-electron chi connectivity index (χ2n) is 7.24. The largest absolute Gasteiger partial charge is 0.495 e. The number of thiophene rings is 1. The first-order chi connectivity index (χ1) is 16.6. The summed E-state index contributed by atoms with van der Waals surface area (Å²) < 4.78 is 22.8. The summed E-state index contributed by atoms with van der Waals surface area (Å²) in [5, 5.41) is 5.81. The monoisotopic (exact) mass is 477 g/mol. The summed E-state index contributed by atoms with van der Waals surface area (Å²) in [6, 6.07) is 19.7. The van der Waals surface area contributed by atoms with Crippen LogP contribution >= 0.6 is 11.3 Å². The van der Waals surface area contributed by atoms with E-state index in [9.17, 15) is 9.59 Å². The van der Waals surface area contributed by atoms with Crippen LogP contribution in [0.4, 0.5) is 5.69 Å². The van der Waals surface area contributed by atoms with Crippen LogP contribution in [-0.4, -0.2) is 32.7 Å². The molecule has 0 bridgehead atoms. The molecular formula is C26H23NO6S. The Bertz CT molecular complexity index is 1320. The molecular weight excluding hydrogens is 454 g/mol. The molecule has 1 heterocycles. The predicted octanol–water partition coefficient (Wildman–Crippen LogP) is 5.29. The van der Waals surface area contributed by atoms with Gasteiger partial charge in [-0.25, -0.2) is 4.79 Å². The van der Waals surface area contributed by atoms with E-state index in [2.05, 4.69) is 5.32 Å². The van der Waals surface area contributed by atoms with Crippen molar-refractivity contribution in [2.24, 2.45) is 0 Å². The molecule has 0 spiro atoms. The number of hydrogen-bond acceptors (Lipinski definition) is 7. The van der Waals surface area contributed by atoms with Crippen molar-refractivity contribution in [2.75, 3.05) is 26.1 Å². The van der Waals surface area contributed by atoms with E-state index in [-0.39, 0.29) is 19.1 Å². The summed E-state index contributed by atoms with van der Waals surface area (Å²) in [5.74, 6) is 0.359. The average molecular weight is 478 g/mol. The molecule has 4 aromatic rings. The first-order valence-corrected chi connectivity index (χ1v) is 11.3. The summed E-state index contributed by atoms with van der Waals surface area (Å²) in [6.45, 7) is -0.0734. The Labute approximate surface area is 200 Å². The molecule has 8 heteroatoms. The van der Waals surface area contributed by atoms with E-state index in [0.717, 1.165) is 15.6 Å². The lowest BCUT2D eigenvalue weighted by Gasteiger charge is -2.13. The van der Waals surface area contributed by atoms with Crippen LogP contribution < -0.4 is 19.5 Å². The van der Waals surface area contributed by atoms with E-state index < -0.39 is 5.97 Å². The van der Waals surface area contributed by atoms with E-state index in [1.165, 1.54) is 20.3 Å². The van der Waals surface area contributed by atoms with Gasteiger partial charge in [0.25, 0.3) is 5.91 Å². The third-order valence-electron chi connectivity index (χ3n) is 5.06. The van der Waals surface area contributed by atoms with Crippen LogP contribution in [-0.2, 0) is 16.1 Å². The van der Waals surface area contributed by atoms with Crippen molar-refractivity contribution in [1.82, 2.24) is 0 Å². The lowest BCUT2D eigenvalue weighted by molar-refractivity contribution is -0.118. The van der Waals surface area contributed by atoms with Crippen molar-refractivity contribution >= 4 is 39.0 Å². The van der Waals surface area contributed by atoms with E-state index in [1.54, 1.807) is 41.7 Å². The minimum absolute atomic E-state index is 0.173. The molecule has 0 saturated carbocycles. The number of methoxy groups -OCH3 is 2. The fraction of sp³-hybridized carbons (Fsp3) is 0.154. The Hall–Kier alpha value is -4.04. The number of esters is 1. The van der Waals surface area contributed by atoms with E-state index in [0.29, 0.717) is 28.5 Å². The number of anilines is 1. The quantitative estimate of drug-likeness (QED) is 0.330. The second kappa shape index (κ2) is 10.7. The second-order valence-corrected chi connectivity index (χ2v) is 8.15. The van der Waals surface area contributed by atoms with Crippen molar-refractivity contribution in [3.63, 3.8) is 0 Å². The molecule has 1 N–H and O–H groups in total. The van der Waals surface area contributed by atoms with Crippen LogP contribution in [0.15, 0.2) is 72.1 Å². The van der Waals surface area contributed by atoms with Crippen LogP contribution in [0, 0.1) is 0 Å². The fourth-order valence-corrected chi connectivity index (χ4v) is 4.31. The Morgan fingerprint density at radius 2 is 1.65 bits per heavy atom. The first-order valence-electron chi connectivity index (χ1n) is 10.4. The summed E-state index contributed by atoms with van der Waals surface area (Å²) >= 11 is 1.61. The molecule has 1 amide bonds. The lowest BCUT2D eigenvalue weighted by Crippen LogP contribution is -2.20. The molecule has 0 aliphatic heterocycles. The SMILES string of the molecule is COc1ccccc1NC(=O)COc1ccc(C(=O)OCc2csc3ccccc23)cc1OC. The molecule has 0 atom stereocenters. The minimum atomic E-state index is -0.478. The molecule has 0 unspecified atom stereocenters. The number of carbonyl (C=O) groups excluding carboxylic acids is 2. The van der Waals surface area contributed by atoms with Gasteiger partial charge >= 0.3 is 5.97 Å². The van der Waals surface area contributed by atoms with Gasteiger partial charge in [0.05, 0.1) is 25.5 Å². The van der Waals surface area contributed by atoms with E-state index in [4.69, 9.17) is 18.9 Å². The Balaban J connectivity index is 1.37. The number of nitrogens with one attached hydrogen (secondary N) is 1. The number of para-hydroxylation sites is 2. The molecule has 174 valence electrons. The van der Waals surface area contributed by atoms with E-state index in [1.807, 2.05) is 35.7 Å². The number of hydrogen-bond donors (Lipinski definition) is 1. The molecule has 0 aliphatic carbocycles. The van der Waals surface area contributed by atoms with Gasteiger partial charge < -0.3 is 24.3 Å². The van der Waals surface area contributed by atoms with E-state index >= 15 is 0 Å². The lowest BCUT2D eigenvalue weighted by atomic mass is 10.2. The number of amides is 1. The number of carbonyl (C=O) groups is 2. The number of ether oxygens (including phenoxy) is 4. The third-order valence-corrected chi connectivity index (χ3v) is 6.07. The van der Waals surface area contributed by atoms with Gasteiger partial charge in [-0.3, -0.25) is 4.79 Å². The maximum Gasteiger partial charge on any atom is 0.338 e. The average Bonchev–Trinajstić information content (AvgIpc) is 3.29. The molecule has 0 aliphatic rings. The van der Waals surface area contributed by atoms with Crippen molar-refractivity contribution < 1.29 is 28.5 Å².